The maximum absolute atomic E-state index is 14.5. The first-order valence-corrected chi connectivity index (χ1v) is 16.0. The summed E-state index contributed by atoms with van der Waals surface area (Å²) in [5.41, 5.74) is 2.75. The first kappa shape index (κ1) is 31.4. The minimum atomic E-state index is -0.870. The van der Waals surface area contributed by atoms with Gasteiger partial charge in [0.15, 0.2) is 0 Å². The van der Waals surface area contributed by atoms with Gasteiger partial charge in [-0.1, -0.05) is 59.7 Å². The fourth-order valence-electron chi connectivity index (χ4n) is 5.39. The predicted molar refractivity (Wildman–Crippen MR) is 172 cm³/mol. The van der Waals surface area contributed by atoms with Gasteiger partial charge in [0, 0.05) is 11.7 Å². The number of carbonyl (C=O) groups is 3. The quantitative estimate of drug-likeness (QED) is 0.262. The third-order valence-electron chi connectivity index (χ3n) is 7.43. The number of hydrogen-bond acceptors (Lipinski definition) is 5. The van der Waals surface area contributed by atoms with Gasteiger partial charge >= 0.3 is 6.09 Å². The Kier molecular flexibility index (Phi) is 10.2. The molecule has 4 rings (SSSR count). The van der Waals surface area contributed by atoms with Crippen LogP contribution in [0.1, 0.15) is 69.2 Å². The van der Waals surface area contributed by atoms with Crippen molar-refractivity contribution in [3.63, 3.8) is 0 Å². The predicted octanol–water partition coefficient (Wildman–Crippen LogP) is 7.16. The second-order valence-corrected chi connectivity index (χ2v) is 13.2. The maximum Gasteiger partial charge on any atom is 0.408 e. The lowest BCUT2D eigenvalue weighted by molar-refractivity contribution is -0.145. The molecule has 3 aromatic carbocycles. The Morgan fingerprint density at radius 1 is 0.976 bits per heavy atom. The number of benzene rings is 3. The number of anilines is 1. The molecule has 0 saturated heterocycles. The number of alkyl carbamates (subject to hydrolysis) is 1. The van der Waals surface area contributed by atoms with E-state index in [9.17, 15) is 14.4 Å². The SMILES string of the molecule is CSCCC(NC(=O)OC(C)(C)C)C(=O)N(C1CCC1)C(C(=O)Nc1ccc2ccccc2c1)c1cc(C)cc(C)c1. The standard InChI is InChI=1S/C34H43N3O4S/c1-22-18-23(2)20-26(19-22)30(31(38)35-27-15-14-24-10-7-8-11-25(24)21-27)37(28-12-9-13-28)32(39)29(16-17-42-6)36-33(40)41-34(3,4)5/h7-8,10-11,14-15,18-21,28-30H,9,12-13,16-17H2,1-6H3,(H,35,38)(H,36,40). The van der Waals surface area contributed by atoms with E-state index >= 15 is 0 Å². The third kappa shape index (κ3) is 8.06. The second-order valence-electron chi connectivity index (χ2n) is 12.2. The molecule has 2 N–H and O–H groups in total. The number of hydrogen-bond donors (Lipinski definition) is 2. The number of nitrogens with one attached hydrogen (secondary N) is 2. The average molecular weight is 590 g/mol. The first-order chi connectivity index (χ1) is 19.9. The molecule has 2 unspecified atom stereocenters. The molecule has 2 atom stereocenters. The number of aryl methyl sites for hydroxylation is 2. The first-order valence-electron chi connectivity index (χ1n) is 14.6. The van der Waals surface area contributed by atoms with Gasteiger partial charge in [0.05, 0.1) is 0 Å². The number of thioether (sulfide) groups is 1. The van der Waals surface area contributed by atoms with Crippen LogP contribution in [0.5, 0.6) is 0 Å². The molecule has 224 valence electrons. The van der Waals surface area contributed by atoms with Gasteiger partial charge in [-0.05, 0) is 101 Å². The monoisotopic (exact) mass is 589 g/mol. The van der Waals surface area contributed by atoms with Crippen LogP contribution in [-0.4, -0.2) is 52.5 Å². The van der Waals surface area contributed by atoms with Crippen LogP contribution < -0.4 is 10.6 Å². The molecule has 7 nitrogen and oxygen atoms in total. The highest BCUT2D eigenvalue weighted by Gasteiger charge is 2.42. The summed E-state index contributed by atoms with van der Waals surface area (Å²) >= 11 is 1.60. The highest BCUT2D eigenvalue weighted by atomic mass is 32.2. The largest absolute Gasteiger partial charge is 0.444 e. The summed E-state index contributed by atoms with van der Waals surface area (Å²) in [6.07, 6.45) is 4.34. The van der Waals surface area contributed by atoms with Crippen LogP contribution in [0.2, 0.25) is 0 Å². The zero-order valence-electron chi connectivity index (χ0n) is 25.5. The van der Waals surface area contributed by atoms with Crippen molar-refractivity contribution < 1.29 is 19.1 Å². The van der Waals surface area contributed by atoms with E-state index in [0.717, 1.165) is 46.7 Å². The zero-order valence-corrected chi connectivity index (χ0v) is 26.3. The molecule has 3 amide bonds. The van der Waals surface area contributed by atoms with Crippen molar-refractivity contribution >= 4 is 46.1 Å². The summed E-state index contributed by atoms with van der Waals surface area (Å²) in [4.78, 5) is 43.3. The lowest BCUT2D eigenvalue weighted by Crippen LogP contribution is -2.57. The number of amides is 3. The Bertz CT molecular complexity index is 1410. The maximum atomic E-state index is 14.5. The normalized spacial score (nSPS) is 14.9. The molecular weight excluding hydrogens is 546 g/mol. The lowest BCUT2D eigenvalue weighted by atomic mass is 9.87. The number of nitrogens with zero attached hydrogens (tertiary/aromatic N) is 1. The molecule has 0 spiro atoms. The summed E-state index contributed by atoms with van der Waals surface area (Å²) in [5, 5.41) is 8.05. The molecule has 0 aromatic heterocycles. The minimum Gasteiger partial charge on any atom is -0.444 e. The summed E-state index contributed by atoms with van der Waals surface area (Å²) in [7, 11) is 0. The molecule has 1 fully saturated rings. The van der Waals surface area contributed by atoms with Crippen molar-refractivity contribution in [3.8, 4) is 0 Å². The van der Waals surface area contributed by atoms with Crippen LogP contribution in [0, 0.1) is 13.8 Å². The van der Waals surface area contributed by atoms with E-state index in [1.807, 2.05) is 74.7 Å². The van der Waals surface area contributed by atoms with E-state index in [-0.39, 0.29) is 17.9 Å². The zero-order chi connectivity index (χ0) is 30.4. The molecule has 0 heterocycles. The van der Waals surface area contributed by atoms with Crippen molar-refractivity contribution in [1.29, 1.82) is 0 Å². The fourth-order valence-corrected chi connectivity index (χ4v) is 5.86. The second kappa shape index (κ2) is 13.6. The van der Waals surface area contributed by atoms with Crippen LogP contribution in [0.3, 0.4) is 0 Å². The van der Waals surface area contributed by atoms with Gasteiger partial charge in [0.1, 0.15) is 17.7 Å². The van der Waals surface area contributed by atoms with Gasteiger partial charge in [0.25, 0.3) is 5.91 Å². The van der Waals surface area contributed by atoms with Crippen molar-refractivity contribution in [2.45, 2.75) is 84.0 Å². The van der Waals surface area contributed by atoms with Crippen molar-refractivity contribution in [2.75, 3.05) is 17.3 Å². The Morgan fingerprint density at radius 2 is 1.64 bits per heavy atom. The molecule has 0 radical (unpaired) electrons. The molecule has 1 saturated carbocycles. The van der Waals surface area contributed by atoms with Crippen molar-refractivity contribution in [1.82, 2.24) is 10.2 Å². The Hall–Kier alpha value is -3.52. The average Bonchev–Trinajstić information content (AvgIpc) is 2.87. The van der Waals surface area contributed by atoms with E-state index in [0.29, 0.717) is 17.9 Å². The summed E-state index contributed by atoms with van der Waals surface area (Å²) in [6.45, 7) is 9.36. The topological polar surface area (TPSA) is 87.7 Å². The number of fused-ring (bicyclic) bond motifs is 1. The third-order valence-corrected chi connectivity index (χ3v) is 8.07. The van der Waals surface area contributed by atoms with Crippen LogP contribution in [0.15, 0.2) is 60.7 Å². The smallest absolute Gasteiger partial charge is 0.408 e. The van der Waals surface area contributed by atoms with E-state index < -0.39 is 23.8 Å². The lowest BCUT2D eigenvalue weighted by Gasteiger charge is -2.43. The van der Waals surface area contributed by atoms with E-state index in [2.05, 4.69) is 16.7 Å². The summed E-state index contributed by atoms with van der Waals surface area (Å²) < 4.78 is 5.51. The van der Waals surface area contributed by atoms with Crippen molar-refractivity contribution in [2.24, 2.45) is 0 Å². The van der Waals surface area contributed by atoms with Gasteiger partial charge in [-0.3, -0.25) is 9.59 Å². The van der Waals surface area contributed by atoms with Gasteiger partial charge in [-0.2, -0.15) is 11.8 Å². The number of carbonyl (C=O) groups excluding carboxylic acids is 3. The highest BCUT2D eigenvalue weighted by Crippen LogP contribution is 2.35. The van der Waals surface area contributed by atoms with Crippen LogP contribution in [0.25, 0.3) is 10.8 Å². The highest BCUT2D eigenvalue weighted by molar-refractivity contribution is 7.98. The molecule has 0 bridgehead atoms. The van der Waals surface area contributed by atoms with Crippen LogP contribution >= 0.6 is 11.8 Å². The van der Waals surface area contributed by atoms with E-state index in [4.69, 9.17) is 4.74 Å². The molecule has 0 aliphatic heterocycles. The van der Waals surface area contributed by atoms with Gasteiger partial charge < -0.3 is 20.3 Å². The minimum absolute atomic E-state index is 0.108. The molecule has 8 heteroatoms. The number of rotatable bonds is 10. The molecular formula is C34H43N3O4S. The Morgan fingerprint density at radius 3 is 2.24 bits per heavy atom. The summed E-state index contributed by atoms with van der Waals surface area (Å²) in [6, 6.07) is 18.0. The molecule has 1 aliphatic rings. The Balaban J connectivity index is 1.73. The number of ether oxygens (including phenoxy) is 1. The van der Waals surface area contributed by atoms with Gasteiger partial charge in [0.2, 0.25) is 5.91 Å². The van der Waals surface area contributed by atoms with E-state index in [1.165, 1.54) is 0 Å². The Labute approximate surface area is 253 Å². The summed E-state index contributed by atoms with van der Waals surface area (Å²) in [5.74, 6) is 0.122. The fraction of sp³-hybridized carbons (Fsp3) is 0.441. The molecule has 42 heavy (non-hydrogen) atoms. The van der Waals surface area contributed by atoms with Crippen LogP contribution in [-0.2, 0) is 14.3 Å². The molecule has 3 aromatic rings. The van der Waals surface area contributed by atoms with Gasteiger partial charge in [-0.15, -0.1) is 0 Å². The van der Waals surface area contributed by atoms with E-state index in [1.54, 1.807) is 37.4 Å². The molecule has 1 aliphatic carbocycles. The van der Waals surface area contributed by atoms with Gasteiger partial charge in [-0.25, -0.2) is 4.79 Å². The van der Waals surface area contributed by atoms with Crippen LogP contribution in [0.4, 0.5) is 10.5 Å². The van der Waals surface area contributed by atoms with Crippen molar-refractivity contribution in [3.05, 3.63) is 77.4 Å².